The van der Waals surface area contributed by atoms with E-state index >= 15 is 0 Å². The molecule has 1 aliphatic heterocycles. The first kappa shape index (κ1) is 25.7. The van der Waals surface area contributed by atoms with E-state index in [2.05, 4.69) is 22.1 Å². The number of methoxy groups -OCH3 is 2. The van der Waals surface area contributed by atoms with Gasteiger partial charge in [0, 0.05) is 57.3 Å². The molecule has 1 aromatic heterocycles. The van der Waals surface area contributed by atoms with Crippen molar-refractivity contribution in [2.45, 2.75) is 31.2 Å². The summed E-state index contributed by atoms with van der Waals surface area (Å²) < 4.78 is 37.4. The molecule has 0 radical (unpaired) electrons. The highest BCUT2D eigenvalue weighted by Gasteiger charge is 2.25. The van der Waals surface area contributed by atoms with Crippen LogP contribution in [0.3, 0.4) is 0 Å². The predicted molar refractivity (Wildman–Crippen MR) is 128 cm³/mol. The molecule has 1 amide bonds. The van der Waals surface area contributed by atoms with Gasteiger partial charge in [-0.1, -0.05) is 6.92 Å². The SMILES string of the molecule is CCCN1CCc2nc(NC(=O)c3ccc(S(=O)(=O)N(CCOC)CCOC)cc3)sc2C1. The summed E-state index contributed by atoms with van der Waals surface area (Å²) in [5.74, 6) is -0.314. The fraction of sp³-hybridized carbons (Fsp3) is 0.545. The van der Waals surface area contributed by atoms with Crippen LogP contribution < -0.4 is 5.32 Å². The molecule has 11 heteroatoms. The third-order valence-electron chi connectivity index (χ3n) is 5.41. The lowest BCUT2D eigenvalue weighted by molar-refractivity contribution is 0.102. The molecule has 0 aliphatic carbocycles. The van der Waals surface area contributed by atoms with Crippen molar-refractivity contribution >= 4 is 32.4 Å². The molecular weight excluding hydrogens is 464 g/mol. The molecule has 0 fully saturated rings. The van der Waals surface area contributed by atoms with Crippen LogP contribution in [0.5, 0.6) is 0 Å². The number of thiazole rings is 1. The molecule has 33 heavy (non-hydrogen) atoms. The molecule has 3 rings (SSSR count). The van der Waals surface area contributed by atoms with Crippen LogP contribution in [0.15, 0.2) is 29.2 Å². The van der Waals surface area contributed by atoms with Gasteiger partial charge in [-0.25, -0.2) is 13.4 Å². The second-order valence-corrected chi connectivity index (χ2v) is 10.8. The topological polar surface area (TPSA) is 101 Å². The maximum Gasteiger partial charge on any atom is 0.257 e. The number of anilines is 1. The van der Waals surface area contributed by atoms with Crippen molar-refractivity contribution in [3.05, 3.63) is 40.4 Å². The van der Waals surface area contributed by atoms with E-state index in [1.165, 1.54) is 59.0 Å². The molecule has 9 nitrogen and oxygen atoms in total. The van der Waals surface area contributed by atoms with E-state index in [9.17, 15) is 13.2 Å². The lowest BCUT2D eigenvalue weighted by Crippen LogP contribution is -2.36. The van der Waals surface area contributed by atoms with Crippen molar-refractivity contribution in [3.8, 4) is 0 Å². The number of hydrogen-bond donors (Lipinski definition) is 1. The first-order valence-corrected chi connectivity index (χ1v) is 13.2. The van der Waals surface area contributed by atoms with Crippen molar-refractivity contribution in [1.29, 1.82) is 0 Å². The van der Waals surface area contributed by atoms with Crippen LogP contribution in [0.1, 0.15) is 34.3 Å². The minimum absolute atomic E-state index is 0.118. The van der Waals surface area contributed by atoms with E-state index in [1.807, 2.05) is 0 Å². The molecule has 182 valence electrons. The molecule has 0 saturated carbocycles. The molecule has 2 heterocycles. The third-order valence-corrected chi connectivity index (χ3v) is 8.33. The largest absolute Gasteiger partial charge is 0.383 e. The third kappa shape index (κ3) is 6.58. The number of carbonyl (C=O) groups is 1. The summed E-state index contributed by atoms with van der Waals surface area (Å²) in [7, 11) is -0.688. The van der Waals surface area contributed by atoms with Gasteiger partial charge in [-0.3, -0.25) is 15.0 Å². The monoisotopic (exact) mass is 496 g/mol. The molecular formula is C22H32N4O5S2. The first-order chi connectivity index (χ1) is 15.9. The molecule has 0 bridgehead atoms. The molecule has 0 atom stereocenters. The summed E-state index contributed by atoms with van der Waals surface area (Å²) in [5.41, 5.74) is 1.42. The average molecular weight is 497 g/mol. The average Bonchev–Trinajstić information content (AvgIpc) is 3.20. The quantitative estimate of drug-likeness (QED) is 0.482. The number of carbonyl (C=O) groups excluding carboxylic acids is 1. The van der Waals surface area contributed by atoms with Gasteiger partial charge in [0.25, 0.3) is 5.91 Å². The zero-order valence-electron chi connectivity index (χ0n) is 19.4. The van der Waals surface area contributed by atoms with Gasteiger partial charge >= 0.3 is 0 Å². The second-order valence-electron chi connectivity index (χ2n) is 7.78. The van der Waals surface area contributed by atoms with Crippen LogP contribution in [0.4, 0.5) is 5.13 Å². The normalized spacial score (nSPS) is 14.4. The molecule has 2 aromatic rings. The van der Waals surface area contributed by atoms with Gasteiger partial charge in [0.15, 0.2) is 5.13 Å². The summed E-state index contributed by atoms with van der Waals surface area (Å²) >= 11 is 1.50. The molecule has 0 saturated heterocycles. The number of hydrogen-bond acceptors (Lipinski definition) is 8. The number of fused-ring (bicyclic) bond motifs is 1. The minimum Gasteiger partial charge on any atom is -0.383 e. The van der Waals surface area contributed by atoms with Crippen LogP contribution in [0.2, 0.25) is 0 Å². The Labute approximate surface area is 199 Å². The Bertz CT molecular complexity index is 1020. The fourth-order valence-corrected chi connectivity index (χ4v) is 6.10. The van der Waals surface area contributed by atoms with Gasteiger partial charge in [0.1, 0.15) is 0 Å². The summed E-state index contributed by atoms with van der Waals surface area (Å²) in [5, 5.41) is 3.43. The summed E-state index contributed by atoms with van der Waals surface area (Å²) in [6, 6.07) is 5.94. The Morgan fingerprint density at radius 3 is 2.45 bits per heavy atom. The maximum absolute atomic E-state index is 13.0. The standard InChI is InChI=1S/C22H32N4O5S2/c1-4-10-25-11-9-19-20(16-25)32-22(23-19)24-21(27)17-5-7-18(8-6-17)33(28,29)26(12-14-30-2)13-15-31-3/h5-8H,4,9-16H2,1-3H3,(H,23,24,27). The number of aromatic nitrogens is 1. The van der Waals surface area contributed by atoms with Crippen molar-refractivity contribution in [3.63, 3.8) is 0 Å². The van der Waals surface area contributed by atoms with Crippen LogP contribution in [0, 0.1) is 0 Å². The Morgan fingerprint density at radius 1 is 1.18 bits per heavy atom. The Balaban J connectivity index is 1.67. The lowest BCUT2D eigenvalue weighted by atomic mass is 10.2. The van der Waals surface area contributed by atoms with E-state index in [4.69, 9.17) is 9.47 Å². The summed E-state index contributed by atoms with van der Waals surface area (Å²) in [4.78, 5) is 21.0. The van der Waals surface area contributed by atoms with Crippen molar-refractivity contribution < 1.29 is 22.7 Å². The molecule has 1 aromatic carbocycles. The smallest absolute Gasteiger partial charge is 0.257 e. The minimum atomic E-state index is -3.73. The van der Waals surface area contributed by atoms with Gasteiger partial charge < -0.3 is 9.47 Å². The Hall–Kier alpha value is -1.89. The number of amides is 1. The number of nitrogens with zero attached hydrogens (tertiary/aromatic N) is 3. The van der Waals surface area contributed by atoms with Gasteiger partial charge in [0.05, 0.1) is 23.8 Å². The second kappa shape index (κ2) is 12.0. The van der Waals surface area contributed by atoms with Gasteiger partial charge in [-0.2, -0.15) is 4.31 Å². The highest BCUT2D eigenvalue weighted by Crippen LogP contribution is 2.28. The fourth-order valence-electron chi connectivity index (χ4n) is 3.64. The Morgan fingerprint density at radius 2 is 1.85 bits per heavy atom. The molecule has 1 aliphatic rings. The van der Waals surface area contributed by atoms with Crippen LogP contribution in [0.25, 0.3) is 0 Å². The van der Waals surface area contributed by atoms with Gasteiger partial charge in [0.2, 0.25) is 10.0 Å². The predicted octanol–water partition coefficient (Wildman–Crippen LogP) is 2.45. The van der Waals surface area contributed by atoms with E-state index < -0.39 is 10.0 Å². The lowest BCUT2D eigenvalue weighted by Gasteiger charge is -2.24. The number of rotatable bonds is 12. The highest BCUT2D eigenvalue weighted by molar-refractivity contribution is 7.89. The van der Waals surface area contributed by atoms with E-state index in [1.54, 1.807) is 0 Å². The first-order valence-electron chi connectivity index (χ1n) is 11.0. The van der Waals surface area contributed by atoms with Crippen LogP contribution >= 0.6 is 11.3 Å². The maximum atomic E-state index is 13.0. The number of nitrogens with one attached hydrogen (secondary N) is 1. The van der Waals surface area contributed by atoms with Crippen molar-refractivity contribution in [2.75, 3.05) is 58.9 Å². The van der Waals surface area contributed by atoms with Crippen molar-refractivity contribution in [2.24, 2.45) is 0 Å². The molecule has 1 N–H and O–H groups in total. The van der Waals surface area contributed by atoms with E-state index in [-0.39, 0.29) is 37.1 Å². The zero-order chi connectivity index (χ0) is 23.8. The van der Waals surface area contributed by atoms with Gasteiger partial charge in [-0.15, -0.1) is 11.3 Å². The van der Waals surface area contributed by atoms with Crippen LogP contribution in [-0.2, 0) is 32.5 Å². The summed E-state index contributed by atoms with van der Waals surface area (Å²) in [6.07, 6.45) is 2.00. The van der Waals surface area contributed by atoms with E-state index in [0.29, 0.717) is 10.7 Å². The highest BCUT2D eigenvalue weighted by atomic mass is 32.2. The van der Waals surface area contributed by atoms with Crippen molar-refractivity contribution in [1.82, 2.24) is 14.2 Å². The molecule has 0 unspecified atom stereocenters. The zero-order valence-corrected chi connectivity index (χ0v) is 21.0. The number of benzene rings is 1. The number of ether oxygens (including phenoxy) is 2. The Kier molecular flexibility index (Phi) is 9.36. The molecule has 0 spiro atoms. The summed E-state index contributed by atoms with van der Waals surface area (Å²) in [6.45, 7) is 6.06. The van der Waals surface area contributed by atoms with Crippen LogP contribution in [-0.4, -0.2) is 82.1 Å². The van der Waals surface area contributed by atoms with E-state index in [0.717, 1.165) is 38.2 Å². The van der Waals surface area contributed by atoms with Gasteiger partial charge in [-0.05, 0) is 37.2 Å². The number of sulfonamides is 1.